The van der Waals surface area contributed by atoms with Crippen LogP contribution in [-0.2, 0) is 0 Å². The van der Waals surface area contributed by atoms with Gasteiger partial charge >= 0.3 is 0 Å². The summed E-state index contributed by atoms with van der Waals surface area (Å²) in [7, 11) is 0. The molecule has 0 radical (unpaired) electrons. The largest absolute Gasteiger partial charge is 0.383 e. The molecular weight excluding hydrogens is 342 g/mol. The summed E-state index contributed by atoms with van der Waals surface area (Å²) in [5, 5.41) is 5.73. The van der Waals surface area contributed by atoms with E-state index in [1.165, 1.54) is 6.33 Å². The van der Waals surface area contributed by atoms with Gasteiger partial charge in [-0.3, -0.25) is 0 Å². The molecule has 0 aliphatic rings. The van der Waals surface area contributed by atoms with Crippen LogP contribution in [-0.4, -0.2) is 19.7 Å². The van der Waals surface area contributed by atoms with E-state index in [2.05, 4.69) is 27.2 Å². The number of hydrogen-bond donors (Lipinski definition) is 1. The normalized spacial score (nSPS) is 11.0. The second-order valence-corrected chi connectivity index (χ2v) is 6.60. The Balaban J connectivity index is 1.72. The van der Waals surface area contributed by atoms with E-state index >= 15 is 0 Å². The Morgan fingerprint density at radius 2 is 1.88 bits per heavy atom. The number of fused-ring (bicyclic) bond motifs is 1. The van der Waals surface area contributed by atoms with Gasteiger partial charge in [0.1, 0.15) is 12.1 Å². The number of nitrogens with zero attached hydrogens (tertiary/aromatic N) is 4. The van der Waals surface area contributed by atoms with Crippen LogP contribution >= 0.6 is 23.4 Å². The molecule has 2 N–H and O–H groups in total. The minimum Gasteiger partial charge on any atom is -0.383 e. The summed E-state index contributed by atoms with van der Waals surface area (Å²) in [5.41, 5.74) is 7.33. The molecule has 4 rings (SSSR count). The van der Waals surface area contributed by atoms with Crippen LogP contribution in [0.4, 0.5) is 5.82 Å². The summed E-state index contributed by atoms with van der Waals surface area (Å²) in [6.07, 6.45) is 3.09. The molecule has 2 aromatic carbocycles. The van der Waals surface area contributed by atoms with Crippen molar-refractivity contribution in [3.63, 3.8) is 0 Å². The number of rotatable bonds is 3. The molecule has 2 heterocycles. The number of aromatic nitrogens is 4. The van der Waals surface area contributed by atoms with Gasteiger partial charge in [-0.2, -0.15) is 5.10 Å². The fraction of sp³-hybridized carbons (Fsp3) is 0. The van der Waals surface area contributed by atoms with Crippen LogP contribution in [0.5, 0.6) is 0 Å². The summed E-state index contributed by atoms with van der Waals surface area (Å²) in [4.78, 5) is 10.4. The van der Waals surface area contributed by atoms with Gasteiger partial charge in [0.05, 0.1) is 22.3 Å². The van der Waals surface area contributed by atoms with E-state index in [0.29, 0.717) is 16.5 Å². The highest BCUT2D eigenvalue weighted by Crippen LogP contribution is 2.34. The first-order valence-electron chi connectivity index (χ1n) is 7.19. The predicted octanol–water partition coefficient (Wildman–Crippen LogP) is 4.20. The smallest absolute Gasteiger partial charge is 0.168 e. The Morgan fingerprint density at radius 1 is 1.04 bits per heavy atom. The third-order valence-corrected chi connectivity index (χ3v) is 5.04. The monoisotopic (exact) mass is 353 g/mol. The second-order valence-electron chi connectivity index (χ2n) is 5.08. The number of nitrogen functional groups attached to an aromatic ring is 1. The fourth-order valence-electron chi connectivity index (χ4n) is 2.37. The molecule has 7 heteroatoms. The number of halogens is 1. The maximum Gasteiger partial charge on any atom is 0.168 e. The van der Waals surface area contributed by atoms with Crippen molar-refractivity contribution in [3.8, 4) is 5.69 Å². The first-order chi connectivity index (χ1) is 11.7. The first kappa shape index (κ1) is 15.0. The van der Waals surface area contributed by atoms with Gasteiger partial charge in [-0.15, -0.1) is 0 Å². The highest BCUT2D eigenvalue weighted by Gasteiger charge is 2.11. The van der Waals surface area contributed by atoms with E-state index in [4.69, 9.17) is 17.3 Å². The van der Waals surface area contributed by atoms with Gasteiger partial charge in [0.15, 0.2) is 5.65 Å². The number of anilines is 1. The minimum atomic E-state index is 0.411. The van der Waals surface area contributed by atoms with E-state index in [0.717, 1.165) is 20.9 Å². The van der Waals surface area contributed by atoms with E-state index in [1.807, 2.05) is 36.4 Å². The van der Waals surface area contributed by atoms with Gasteiger partial charge in [-0.05, 0) is 30.3 Å². The molecule has 0 spiro atoms. The van der Waals surface area contributed by atoms with Gasteiger partial charge in [0.2, 0.25) is 0 Å². The van der Waals surface area contributed by atoms with Crippen molar-refractivity contribution in [3.05, 3.63) is 66.1 Å². The summed E-state index contributed by atoms with van der Waals surface area (Å²) in [6, 6.07) is 15.9. The Labute approximate surface area is 147 Å². The van der Waals surface area contributed by atoms with E-state index in [9.17, 15) is 0 Å². The Bertz CT molecular complexity index is 1020. The quantitative estimate of drug-likeness (QED) is 0.597. The average Bonchev–Trinajstić information content (AvgIpc) is 3.03. The van der Waals surface area contributed by atoms with E-state index in [1.54, 1.807) is 22.6 Å². The fourth-order valence-corrected chi connectivity index (χ4v) is 3.50. The SMILES string of the molecule is Nc1ncnc2c1cnn2-c1ccc(Sc2ccccc2)c(Cl)c1. The molecule has 0 atom stereocenters. The van der Waals surface area contributed by atoms with Crippen LogP contribution in [0.2, 0.25) is 5.02 Å². The first-order valence-corrected chi connectivity index (χ1v) is 8.39. The molecule has 24 heavy (non-hydrogen) atoms. The third-order valence-electron chi connectivity index (χ3n) is 3.53. The molecule has 0 aliphatic heterocycles. The molecule has 5 nitrogen and oxygen atoms in total. The molecule has 0 amide bonds. The second kappa shape index (κ2) is 6.14. The lowest BCUT2D eigenvalue weighted by Gasteiger charge is -2.08. The highest BCUT2D eigenvalue weighted by atomic mass is 35.5. The van der Waals surface area contributed by atoms with Crippen molar-refractivity contribution >= 4 is 40.2 Å². The minimum absolute atomic E-state index is 0.411. The van der Waals surface area contributed by atoms with Crippen LogP contribution in [0.1, 0.15) is 0 Å². The predicted molar refractivity (Wildman–Crippen MR) is 96.6 cm³/mol. The molecule has 4 aromatic rings. The van der Waals surface area contributed by atoms with Crippen molar-refractivity contribution in [2.75, 3.05) is 5.73 Å². The van der Waals surface area contributed by atoms with Gasteiger partial charge in [-0.1, -0.05) is 41.6 Å². The molecule has 0 aliphatic carbocycles. The zero-order valence-electron chi connectivity index (χ0n) is 12.4. The van der Waals surface area contributed by atoms with Crippen molar-refractivity contribution in [2.45, 2.75) is 9.79 Å². The van der Waals surface area contributed by atoms with Gasteiger partial charge in [0.25, 0.3) is 0 Å². The van der Waals surface area contributed by atoms with Crippen LogP contribution in [0, 0.1) is 0 Å². The molecule has 0 fully saturated rings. The Hall–Kier alpha value is -2.57. The van der Waals surface area contributed by atoms with Crippen LogP contribution < -0.4 is 5.73 Å². The maximum atomic E-state index is 6.46. The standard InChI is InChI=1S/C17H12ClN5S/c18-14-8-11(6-7-15(14)24-12-4-2-1-3-5-12)23-17-13(9-22-23)16(19)20-10-21-17/h1-10H,(H2,19,20,21). The molecule has 0 saturated heterocycles. The average molecular weight is 354 g/mol. The van der Waals surface area contributed by atoms with Crippen LogP contribution in [0.3, 0.4) is 0 Å². The number of nitrogens with two attached hydrogens (primary N) is 1. The molecule has 0 unspecified atom stereocenters. The van der Waals surface area contributed by atoms with E-state index < -0.39 is 0 Å². The zero-order chi connectivity index (χ0) is 16.5. The zero-order valence-corrected chi connectivity index (χ0v) is 14.0. The third kappa shape index (κ3) is 2.70. The highest BCUT2D eigenvalue weighted by molar-refractivity contribution is 7.99. The van der Waals surface area contributed by atoms with Crippen LogP contribution in [0.25, 0.3) is 16.7 Å². The molecule has 0 bridgehead atoms. The summed E-state index contributed by atoms with van der Waals surface area (Å²) >= 11 is 8.08. The molecule has 0 saturated carbocycles. The lowest BCUT2D eigenvalue weighted by Crippen LogP contribution is -1.99. The Morgan fingerprint density at radius 3 is 2.67 bits per heavy atom. The van der Waals surface area contributed by atoms with Gasteiger partial charge in [-0.25, -0.2) is 14.6 Å². The summed E-state index contributed by atoms with van der Waals surface area (Å²) in [6.45, 7) is 0. The number of hydrogen-bond acceptors (Lipinski definition) is 5. The lowest BCUT2D eigenvalue weighted by atomic mass is 10.3. The molecule has 2 aromatic heterocycles. The lowest BCUT2D eigenvalue weighted by molar-refractivity contribution is 0.894. The Kier molecular flexibility index (Phi) is 3.84. The summed E-state index contributed by atoms with van der Waals surface area (Å²) < 4.78 is 1.70. The molecular formula is C17H12ClN5S. The topological polar surface area (TPSA) is 69.6 Å². The van der Waals surface area contributed by atoms with Gasteiger partial charge in [0, 0.05) is 9.79 Å². The summed E-state index contributed by atoms with van der Waals surface area (Å²) in [5.74, 6) is 0.411. The van der Waals surface area contributed by atoms with Crippen molar-refractivity contribution < 1.29 is 0 Å². The van der Waals surface area contributed by atoms with Gasteiger partial charge < -0.3 is 5.73 Å². The van der Waals surface area contributed by atoms with Crippen LogP contribution in [0.15, 0.2) is 70.8 Å². The van der Waals surface area contributed by atoms with Crippen molar-refractivity contribution in [1.82, 2.24) is 19.7 Å². The number of benzene rings is 2. The van der Waals surface area contributed by atoms with Crippen molar-refractivity contribution in [2.24, 2.45) is 0 Å². The molecule has 118 valence electrons. The van der Waals surface area contributed by atoms with E-state index in [-0.39, 0.29) is 0 Å². The van der Waals surface area contributed by atoms with Crippen molar-refractivity contribution in [1.29, 1.82) is 0 Å². The maximum absolute atomic E-state index is 6.46.